The van der Waals surface area contributed by atoms with E-state index in [1.54, 1.807) is 6.33 Å². The van der Waals surface area contributed by atoms with Gasteiger partial charge in [-0.15, -0.1) is 6.58 Å². The van der Waals surface area contributed by atoms with Crippen LogP contribution in [0, 0.1) is 5.92 Å². The van der Waals surface area contributed by atoms with E-state index < -0.39 is 0 Å². The van der Waals surface area contributed by atoms with E-state index in [4.69, 9.17) is 0 Å². The summed E-state index contributed by atoms with van der Waals surface area (Å²) in [6.45, 7) is 7.67. The third kappa shape index (κ3) is 3.43. The number of hydrogen-bond acceptors (Lipinski definition) is 5. The van der Waals surface area contributed by atoms with Gasteiger partial charge in [0, 0.05) is 26.2 Å². The Morgan fingerprint density at radius 2 is 2.50 bits per heavy atom. The minimum Gasteiger partial charge on any atom is -0.366 e. The monoisotopic (exact) mass is 247 g/mol. The van der Waals surface area contributed by atoms with Crippen LogP contribution in [0.1, 0.15) is 6.42 Å². The molecule has 2 heterocycles. The molecule has 18 heavy (non-hydrogen) atoms. The first-order chi connectivity index (χ1) is 8.79. The molecule has 1 aromatic heterocycles. The Kier molecular flexibility index (Phi) is 4.52. The predicted molar refractivity (Wildman–Crippen MR) is 75.0 cm³/mol. The lowest BCUT2D eigenvalue weighted by Gasteiger charge is -2.21. The summed E-state index contributed by atoms with van der Waals surface area (Å²) in [5, 5.41) is 6.56. The topological polar surface area (TPSA) is 53.1 Å². The zero-order chi connectivity index (χ0) is 12.8. The van der Waals surface area contributed by atoms with E-state index in [9.17, 15) is 0 Å². The van der Waals surface area contributed by atoms with Gasteiger partial charge in [-0.25, -0.2) is 9.97 Å². The largest absolute Gasteiger partial charge is 0.366 e. The highest BCUT2D eigenvalue weighted by Gasteiger charge is 2.17. The molecular weight excluding hydrogens is 226 g/mol. The molecule has 2 N–H and O–H groups in total. The molecule has 1 unspecified atom stereocenters. The van der Waals surface area contributed by atoms with E-state index >= 15 is 0 Å². The number of nitrogens with one attached hydrogen (secondary N) is 2. The maximum atomic E-state index is 4.32. The summed E-state index contributed by atoms with van der Waals surface area (Å²) in [5.41, 5.74) is 0. The Morgan fingerprint density at radius 1 is 1.61 bits per heavy atom. The molecule has 5 heteroatoms. The molecule has 2 rings (SSSR count). The van der Waals surface area contributed by atoms with E-state index in [0.717, 1.165) is 37.2 Å². The third-order valence-corrected chi connectivity index (χ3v) is 3.17. The molecule has 1 fully saturated rings. The molecule has 0 spiro atoms. The van der Waals surface area contributed by atoms with E-state index in [2.05, 4.69) is 39.1 Å². The van der Waals surface area contributed by atoms with E-state index in [0.29, 0.717) is 6.54 Å². The van der Waals surface area contributed by atoms with Crippen molar-refractivity contribution in [3.05, 3.63) is 25.0 Å². The summed E-state index contributed by atoms with van der Waals surface area (Å²) < 4.78 is 0. The highest BCUT2D eigenvalue weighted by Crippen LogP contribution is 2.16. The van der Waals surface area contributed by atoms with Crippen molar-refractivity contribution in [2.24, 2.45) is 5.92 Å². The molecule has 1 atom stereocenters. The summed E-state index contributed by atoms with van der Waals surface area (Å²) in [7, 11) is 2.08. The Bertz CT molecular complexity index is 387. The zero-order valence-electron chi connectivity index (χ0n) is 10.9. The van der Waals surface area contributed by atoms with Crippen molar-refractivity contribution in [3.8, 4) is 0 Å². The highest BCUT2D eigenvalue weighted by atomic mass is 15.2. The lowest BCUT2D eigenvalue weighted by Crippen LogP contribution is -2.27. The van der Waals surface area contributed by atoms with Crippen molar-refractivity contribution in [2.45, 2.75) is 6.42 Å². The molecular formula is C13H21N5. The fraction of sp³-hybridized carbons (Fsp3) is 0.538. The quantitative estimate of drug-likeness (QED) is 0.738. The van der Waals surface area contributed by atoms with Crippen LogP contribution in [0.5, 0.6) is 0 Å². The van der Waals surface area contributed by atoms with E-state index in [1.807, 2.05) is 12.1 Å². The summed E-state index contributed by atoms with van der Waals surface area (Å²) >= 11 is 0. The Hall–Kier alpha value is -1.62. The molecule has 0 bridgehead atoms. The minimum absolute atomic E-state index is 0.715. The smallest absolute Gasteiger partial charge is 0.133 e. The lowest BCUT2D eigenvalue weighted by molar-refractivity contribution is 0.575. The van der Waals surface area contributed by atoms with Crippen LogP contribution in [-0.4, -0.2) is 43.2 Å². The van der Waals surface area contributed by atoms with Crippen LogP contribution in [0.4, 0.5) is 11.6 Å². The SMILES string of the molecule is C=CCNc1cc(N(C)CC2CCNC2)ncn1. The fourth-order valence-electron chi connectivity index (χ4n) is 2.18. The van der Waals surface area contributed by atoms with Gasteiger partial charge in [-0.1, -0.05) is 6.08 Å². The van der Waals surface area contributed by atoms with E-state index in [1.165, 1.54) is 6.42 Å². The highest BCUT2D eigenvalue weighted by molar-refractivity contribution is 5.48. The predicted octanol–water partition coefficient (Wildman–Crippen LogP) is 1.12. The van der Waals surface area contributed by atoms with E-state index in [-0.39, 0.29) is 0 Å². The average molecular weight is 247 g/mol. The van der Waals surface area contributed by atoms with Gasteiger partial charge in [-0.2, -0.15) is 0 Å². The van der Waals surface area contributed by atoms with Gasteiger partial charge >= 0.3 is 0 Å². The first kappa shape index (κ1) is 12.8. The summed E-state index contributed by atoms with van der Waals surface area (Å²) in [5.74, 6) is 2.52. The molecule has 0 radical (unpaired) electrons. The minimum atomic E-state index is 0.715. The van der Waals surface area contributed by atoms with Gasteiger partial charge in [0.2, 0.25) is 0 Å². The standard InChI is InChI=1S/C13H21N5/c1-3-5-15-12-7-13(17-10-16-12)18(2)9-11-4-6-14-8-11/h3,7,10-11,14H,1,4-6,8-9H2,2H3,(H,15,16,17). The number of hydrogen-bond donors (Lipinski definition) is 2. The van der Waals surface area contributed by atoms with Crippen LogP contribution >= 0.6 is 0 Å². The van der Waals surface area contributed by atoms with Crippen molar-refractivity contribution in [3.63, 3.8) is 0 Å². The van der Waals surface area contributed by atoms with Crippen LogP contribution < -0.4 is 15.5 Å². The number of nitrogens with zero attached hydrogens (tertiary/aromatic N) is 3. The van der Waals surface area contributed by atoms with Crippen molar-refractivity contribution in [1.29, 1.82) is 0 Å². The molecule has 1 saturated heterocycles. The van der Waals surface area contributed by atoms with Gasteiger partial charge in [0.15, 0.2) is 0 Å². The second-order valence-corrected chi connectivity index (χ2v) is 4.67. The molecule has 1 aliphatic heterocycles. The van der Waals surface area contributed by atoms with Gasteiger partial charge in [0.25, 0.3) is 0 Å². The van der Waals surface area contributed by atoms with Gasteiger partial charge in [0.05, 0.1) is 0 Å². The molecule has 0 aromatic carbocycles. The first-order valence-electron chi connectivity index (χ1n) is 6.38. The van der Waals surface area contributed by atoms with Crippen LogP contribution in [-0.2, 0) is 0 Å². The van der Waals surface area contributed by atoms with Crippen molar-refractivity contribution < 1.29 is 0 Å². The van der Waals surface area contributed by atoms with Gasteiger partial charge < -0.3 is 15.5 Å². The Morgan fingerprint density at radius 3 is 3.22 bits per heavy atom. The average Bonchev–Trinajstić information content (AvgIpc) is 2.89. The number of rotatable bonds is 6. The van der Waals surface area contributed by atoms with Crippen molar-refractivity contribution in [2.75, 3.05) is 43.4 Å². The van der Waals surface area contributed by atoms with Gasteiger partial charge in [-0.3, -0.25) is 0 Å². The van der Waals surface area contributed by atoms with Gasteiger partial charge in [0.1, 0.15) is 18.0 Å². The van der Waals surface area contributed by atoms with Crippen molar-refractivity contribution in [1.82, 2.24) is 15.3 Å². The number of anilines is 2. The zero-order valence-corrected chi connectivity index (χ0v) is 10.9. The maximum Gasteiger partial charge on any atom is 0.133 e. The van der Waals surface area contributed by atoms with Crippen LogP contribution in [0.3, 0.4) is 0 Å². The van der Waals surface area contributed by atoms with Crippen molar-refractivity contribution >= 4 is 11.6 Å². The first-order valence-corrected chi connectivity index (χ1v) is 6.38. The van der Waals surface area contributed by atoms with Gasteiger partial charge in [-0.05, 0) is 25.4 Å². The third-order valence-electron chi connectivity index (χ3n) is 3.17. The normalized spacial score (nSPS) is 18.6. The summed E-state index contributed by atoms with van der Waals surface area (Å²) in [6, 6.07) is 1.98. The molecule has 5 nitrogen and oxygen atoms in total. The Balaban J connectivity index is 1.95. The second-order valence-electron chi connectivity index (χ2n) is 4.67. The molecule has 0 aliphatic carbocycles. The Labute approximate surface area is 108 Å². The summed E-state index contributed by atoms with van der Waals surface area (Å²) in [4.78, 5) is 10.7. The molecule has 98 valence electrons. The molecule has 0 saturated carbocycles. The van der Waals surface area contributed by atoms with Crippen LogP contribution in [0.25, 0.3) is 0 Å². The fourth-order valence-corrected chi connectivity index (χ4v) is 2.18. The molecule has 0 amide bonds. The summed E-state index contributed by atoms with van der Waals surface area (Å²) in [6.07, 6.45) is 4.66. The maximum absolute atomic E-state index is 4.32. The lowest BCUT2D eigenvalue weighted by atomic mass is 10.1. The van der Waals surface area contributed by atoms with Crippen LogP contribution in [0.2, 0.25) is 0 Å². The second kappa shape index (κ2) is 6.35. The molecule has 1 aromatic rings. The van der Waals surface area contributed by atoms with Crippen LogP contribution in [0.15, 0.2) is 25.0 Å². The number of aromatic nitrogens is 2. The molecule has 1 aliphatic rings.